The van der Waals surface area contributed by atoms with Gasteiger partial charge in [0.1, 0.15) is 48.8 Å². The van der Waals surface area contributed by atoms with Crippen LogP contribution in [0.2, 0.25) is 0 Å². The highest BCUT2D eigenvalue weighted by Crippen LogP contribution is 2.71. The zero-order valence-corrected chi connectivity index (χ0v) is 37.6. The van der Waals surface area contributed by atoms with Gasteiger partial charge in [-0.1, -0.05) is 39.3 Å². The Hall–Kier alpha value is -1.39. The van der Waals surface area contributed by atoms with Crippen molar-refractivity contribution in [2.75, 3.05) is 13.2 Å². The number of esters is 1. The maximum atomic E-state index is 12.1. The molecule has 0 aromatic rings. The Morgan fingerprint density at radius 2 is 1.44 bits per heavy atom. The van der Waals surface area contributed by atoms with E-state index in [1.165, 1.54) is 6.92 Å². The molecule has 7 N–H and O–H groups in total. The van der Waals surface area contributed by atoms with Crippen LogP contribution in [-0.4, -0.2) is 165 Å². The SMILES string of the molecule is CC(=O)O[C@@H]1[C@@H](O)[C@H](C)O[C@@H](O[C@H]2[C@H](O[C@@H]3C[C@H](O)CC4=CC[C@H]5[C@@H](CC[C@]6(C)[C@@H]7[C@H](C[C@@H]56)O[C@]5(CC[C@H](C)CO5)[C@H]7C)[C@]43C)O[C@H](C)[C@H](O)[C@@H]2O[C@@H]2OC[C@@H](O)[C@H](O)[C@H]2O)[C@@H]1O. The molecular weight excluding hydrogens is 824 g/mol. The lowest BCUT2D eigenvalue weighted by Gasteiger charge is -2.60. The molecule has 9 aliphatic rings. The smallest absolute Gasteiger partial charge is 0.303 e. The Labute approximate surface area is 369 Å². The number of fused-ring (bicyclic) bond motifs is 7. The number of aliphatic hydroxyl groups excluding tert-OH is 7. The van der Waals surface area contributed by atoms with E-state index in [0.29, 0.717) is 30.1 Å². The number of carbonyl (C=O) groups excluding carboxylic acids is 1. The second-order valence-electron chi connectivity index (χ2n) is 21.3. The fraction of sp³-hybridized carbons (Fsp3) is 0.935. The summed E-state index contributed by atoms with van der Waals surface area (Å²) < 4.78 is 56.8. The predicted octanol–water partition coefficient (Wildman–Crippen LogP) is 1.42. The fourth-order valence-electron chi connectivity index (χ4n) is 14.1. The van der Waals surface area contributed by atoms with Gasteiger partial charge in [0.05, 0.1) is 43.7 Å². The summed E-state index contributed by atoms with van der Waals surface area (Å²) in [6.07, 6.45) is -12.3. The molecule has 0 radical (unpaired) electrons. The molecule has 0 unspecified atom stereocenters. The minimum Gasteiger partial charge on any atom is -0.457 e. The van der Waals surface area contributed by atoms with Crippen LogP contribution in [0.1, 0.15) is 99.8 Å². The summed E-state index contributed by atoms with van der Waals surface area (Å²) in [7, 11) is 0. The van der Waals surface area contributed by atoms with Crippen LogP contribution < -0.4 is 0 Å². The highest BCUT2D eigenvalue weighted by atomic mass is 16.8. The van der Waals surface area contributed by atoms with Crippen molar-refractivity contribution < 1.29 is 83.2 Å². The predicted molar refractivity (Wildman–Crippen MR) is 218 cm³/mol. The van der Waals surface area contributed by atoms with Crippen LogP contribution in [0.4, 0.5) is 0 Å². The highest BCUT2D eigenvalue weighted by Gasteiger charge is 2.70. The van der Waals surface area contributed by atoms with Crippen molar-refractivity contribution in [2.24, 2.45) is 46.3 Å². The molecule has 1 spiro atoms. The lowest BCUT2D eigenvalue weighted by molar-refractivity contribution is -0.391. The Kier molecular flexibility index (Phi) is 12.8. The second kappa shape index (κ2) is 17.3. The second-order valence-corrected chi connectivity index (χ2v) is 21.3. The van der Waals surface area contributed by atoms with Crippen molar-refractivity contribution in [2.45, 2.75) is 210 Å². The minimum atomic E-state index is -1.72. The lowest BCUT2D eigenvalue weighted by atomic mass is 9.46. The number of carbonyl (C=O) groups is 1. The first kappa shape index (κ1) is 46.7. The number of allylic oxidation sites excluding steroid dienone is 1. The van der Waals surface area contributed by atoms with Crippen LogP contribution in [0.15, 0.2) is 11.6 Å². The number of ether oxygens (including phenoxy) is 9. The average Bonchev–Trinajstić information content (AvgIpc) is 3.68. The van der Waals surface area contributed by atoms with Gasteiger partial charge in [-0.3, -0.25) is 4.79 Å². The van der Waals surface area contributed by atoms with Crippen LogP contribution in [-0.2, 0) is 47.4 Å². The Morgan fingerprint density at radius 1 is 0.746 bits per heavy atom. The van der Waals surface area contributed by atoms with Gasteiger partial charge in [-0.25, -0.2) is 0 Å². The Morgan fingerprint density at radius 3 is 2.14 bits per heavy atom. The number of aliphatic hydroxyl groups is 7. The van der Waals surface area contributed by atoms with Crippen LogP contribution in [0.3, 0.4) is 0 Å². The molecule has 3 saturated carbocycles. The van der Waals surface area contributed by atoms with E-state index in [2.05, 4.69) is 33.8 Å². The first-order chi connectivity index (χ1) is 29.8. The number of rotatable bonds is 7. The van der Waals surface area contributed by atoms with Gasteiger partial charge < -0.3 is 78.4 Å². The zero-order chi connectivity index (χ0) is 45.1. The third-order valence-corrected chi connectivity index (χ3v) is 17.6. The van der Waals surface area contributed by atoms with Crippen molar-refractivity contribution in [3.05, 3.63) is 11.6 Å². The largest absolute Gasteiger partial charge is 0.457 e. The maximum absolute atomic E-state index is 12.1. The molecule has 8 fully saturated rings. The van der Waals surface area contributed by atoms with Crippen LogP contribution in [0, 0.1) is 46.3 Å². The molecule has 0 aromatic heterocycles. The van der Waals surface area contributed by atoms with Crippen molar-refractivity contribution in [3.8, 4) is 0 Å². The summed E-state index contributed by atoms with van der Waals surface area (Å²) >= 11 is 0. The van der Waals surface area contributed by atoms with Crippen LogP contribution >= 0.6 is 0 Å². The van der Waals surface area contributed by atoms with E-state index in [0.717, 1.165) is 57.6 Å². The van der Waals surface area contributed by atoms with Gasteiger partial charge in [0, 0.05) is 31.1 Å². The lowest BCUT2D eigenvalue weighted by Crippen LogP contribution is -2.66. The summed E-state index contributed by atoms with van der Waals surface area (Å²) in [6.45, 7) is 13.9. The van der Waals surface area contributed by atoms with Gasteiger partial charge in [0.2, 0.25) is 0 Å². The molecule has 0 bridgehead atoms. The fourth-order valence-corrected chi connectivity index (χ4v) is 14.1. The summed E-state index contributed by atoms with van der Waals surface area (Å²) in [5, 5.41) is 77.3. The highest BCUT2D eigenvalue weighted by molar-refractivity contribution is 5.66. The molecule has 4 aliphatic carbocycles. The standard InChI is InChI=1S/C46H72O17/c1-19-10-13-46(56-17-19)20(2)32-30(63-46)16-28-26-9-8-24-14-25(48)15-31(45(24,7)27(26)11-12-44(28,32)6)60-43-40(62-42-37(54)38(59-23(5)47)33(50)21(3)57-42)39(34(51)22(4)58-43)61-41-36(53)35(52)29(49)18-55-41/h8,19-22,25-43,48-54H,9-18H2,1-7H3/t19-,20-,21-,22+,25+,26-,27+,28-,29+,30-,31+,32-,33-,34-,35-,36+,37+,38+,39-,40+,41-,42-,43-,44-,45-,46+/m0/s1. The summed E-state index contributed by atoms with van der Waals surface area (Å²) in [4.78, 5) is 12.1. The normalized spacial score (nSPS) is 56.8. The zero-order valence-electron chi connectivity index (χ0n) is 37.6. The van der Waals surface area contributed by atoms with Crippen molar-refractivity contribution in [1.82, 2.24) is 0 Å². The van der Waals surface area contributed by atoms with E-state index in [9.17, 15) is 40.5 Å². The quantitative estimate of drug-likeness (QED) is 0.141. The van der Waals surface area contributed by atoms with Gasteiger partial charge >= 0.3 is 5.97 Å². The molecular formula is C46H72O17. The molecule has 17 nitrogen and oxygen atoms in total. The third-order valence-electron chi connectivity index (χ3n) is 17.6. The number of hydrogen-bond donors (Lipinski definition) is 7. The van der Waals surface area contributed by atoms with Gasteiger partial charge in [0.25, 0.3) is 0 Å². The van der Waals surface area contributed by atoms with Crippen LogP contribution in [0.5, 0.6) is 0 Å². The van der Waals surface area contributed by atoms with Crippen LogP contribution in [0.25, 0.3) is 0 Å². The summed E-state index contributed by atoms with van der Waals surface area (Å²) in [5.41, 5.74) is 0.630. The summed E-state index contributed by atoms with van der Waals surface area (Å²) in [5.74, 6) is 0.833. The Bertz CT molecular complexity index is 1690. The summed E-state index contributed by atoms with van der Waals surface area (Å²) in [6, 6.07) is 0. The number of hydrogen-bond acceptors (Lipinski definition) is 17. The van der Waals surface area contributed by atoms with Gasteiger partial charge in [0.15, 0.2) is 30.8 Å². The molecule has 17 heteroatoms. The monoisotopic (exact) mass is 896 g/mol. The molecule has 5 aliphatic heterocycles. The van der Waals surface area contributed by atoms with E-state index in [1.54, 1.807) is 6.92 Å². The molecule has 358 valence electrons. The van der Waals surface area contributed by atoms with E-state index in [-0.39, 0.29) is 36.4 Å². The van der Waals surface area contributed by atoms with Gasteiger partial charge in [-0.15, -0.1) is 0 Å². The third kappa shape index (κ3) is 7.78. The van der Waals surface area contributed by atoms with Crippen molar-refractivity contribution in [1.29, 1.82) is 0 Å². The minimum absolute atomic E-state index is 0.0554. The molecule has 9 rings (SSSR count). The van der Waals surface area contributed by atoms with Crippen molar-refractivity contribution in [3.63, 3.8) is 0 Å². The maximum Gasteiger partial charge on any atom is 0.303 e. The molecule has 26 atom stereocenters. The molecule has 0 aromatic carbocycles. The van der Waals surface area contributed by atoms with E-state index >= 15 is 0 Å². The van der Waals surface area contributed by atoms with Crippen molar-refractivity contribution >= 4 is 5.97 Å². The van der Waals surface area contributed by atoms with Gasteiger partial charge in [-0.05, 0) is 87.4 Å². The van der Waals surface area contributed by atoms with E-state index < -0.39 is 115 Å². The first-order valence-electron chi connectivity index (χ1n) is 23.6. The first-order valence-corrected chi connectivity index (χ1v) is 23.6. The van der Waals surface area contributed by atoms with E-state index in [1.807, 2.05) is 0 Å². The Balaban J connectivity index is 1.01. The average molecular weight is 897 g/mol. The molecule has 5 saturated heterocycles. The molecule has 0 amide bonds. The van der Waals surface area contributed by atoms with Gasteiger partial charge in [-0.2, -0.15) is 0 Å². The molecule has 5 heterocycles. The molecule has 63 heavy (non-hydrogen) atoms. The topological polar surface area (TPSA) is 242 Å². The van der Waals surface area contributed by atoms with E-state index in [4.69, 9.17) is 42.6 Å².